The molecule has 0 fully saturated rings. The maximum atomic E-state index is 11.9. The minimum Gasteiger partial charge on any atom is -0.352 e. The van der Waals surface area contributed by atoms with Crippen LogP contribution in [0.3, 0.4) is 0 Å². The molecule has 2 aromatic rings. The first-order valence-corrected chi connectivity index (χ1v) is 5.72. The lowest BCUT2D eigenvalue weighted by Gasteiger charge is -2.04. The maximum absolute atomic E-state index is 11.9. The number of pyridine rings is 1. The van der Waals surface area contributed by atoms with Gasteiger partial charge in [0.1, 0.15) is 4.64 Å². The second-order valence-electron chi connectivity index (χ2n) is 3.67. The first-order chi connectivity index (χ1) is 9.08. The van der Waals surface area contributed by atoms with Crippen LogP contribution in [0.25, 0.3) is 0 Å². The highest BCUT2D eigenvalue weighted by Crippen LogP contribution is 2.16. The molecular weight excluding hydrogens is 266 g/mol. The number of hydrogen-bond acceptors (Lipinski definition) is 4. The summed E-state index contributed by atoms with van der Waals surface area (Å²) in [6, 6.07) is 8.83. The molecule has 1 aromatic carbocycles. The van der Waals surface area contributed by atoms with Crippen LogP contribution in [-0.4, -0.2) is 15.8 Å². The minimum absolute atomic E-state index is 0.0324. The summed E-state index contributed by atoms with van der Waals surface area (Å²) < 4.78 is 0.335. The number of rotatable bonds is 3. The SMILES string of the molecule is O=C(Nc1ccc([N+](=O)[O-])cc1)c1ccc[nH]c1=S. The smallest absolute Gasteiger partial charge is 0.269 e. The minimum atomic E-state index is -0.501. The normalized spacial score (nSPS) is 9.89. The van der Waals surface area contributed by atoms with Gasteiger partial charge in [0.2, 0.25) is 0 Å². The molecule has 7 heteroatoms. The Kier molecular flexibility index (Phi) is 3.67. The van der Waals surface area contributed by atoms with E-state index in [9.17, 15) is 14.9 Å². The van der Waals surface area contributed by atoms with Crippen LogP contribution in [0.4, 0.5) is 11.4 Å². The van der Waals surface area contributed by atoms with Gasteiger partial charge in [-0.05, 0) is 24.3 Å². The highest BCUT2D eigenvalue weighted by molar-refractivity contribution is 7.71. The van der Waals surface area contributed by atoms with Gasteiger partial charge in [0.15, 0.2) is 0 Å². The highest BCUT2D eigenvalue weighted by atomic mass is 32.1. The lowest BCUT2D eigenvalue weighted by Crippen LogP contribution is -2.12. The number of nitro benzene ring substituents is 1. The summed E-state index contributed by atoms with van der Waals surface area (Å²) >= 11 is 4.99. The predicted molar refractivity (Wildman–Crippen MR) is 72.7 cm³/mol. The number of carbonyl (C=O) groups is 1. The van der Waals surface area contributed by atoms with Crippen molar-refractivity contribution in [2.45, 2.75) is 0 Å². The Morgan fingerprint density at radius 1 is 1.26 bits per heavy atom. The second-order valence-corrected chi connectivity index (χ2v) is 4.08. The molecule has 0 unspecified atom stereocenters. The van der Waals surface area contributed by atoms with Gasteiger partial charge in [-0.25, -0.2) is 0 Å². The van der Waals surface area contributed by atoms with Crippen molar-refractivity contribution in [3.8, 4) is 0 Å². The summed E-state index contributed by atoms with van der Waals surface area (Å²) in [5, 5.41) is 13.1. The molecule has 0 radical (unpaired) electrons. The van der Waals surface area contributed by atoms with E-state index in [4.69, 9.17) is 12.2 Å². The third-order valence-corrected chi connectivity index (χ3v) is 2.74. The first kappa shape index (κ1) is 12.9. The number of hydrogen-bond donors (Lipinski definition) is 2. The molecule has 1 amide bonds. The van der Waals surface area contributed by atoms with E-state index in [0.717, 1.165) is 0 Å². The third kappa shape index (κ3) is 3.02. The van der Waals surface area contributed by atoms with Crippen LogP contribution < -0.4 is 5.32 Å². The Morgan fingerprint density at radius 2 is 1.95 bits per heavy atom. The molecular formula is C12H9N3O3S. The molecule has 96 valence electrons. The molecule has 0 bridgehead atoms. The van der Waals surface area contributed by atoms with E-state index in [-0.39, 0.29) is 11.6 Å². The molecule has 0 aliphatic rings. The quantitative estimate of drug-likeness (QED) is 0.512. The summed E-state index contributed by atoms with van der Waals surface area (Å²) in [6.07, 6.45) is 1.63. The number of aromatic nitrogens is 1. The fraction of sp³-hybridized carbons (Fsp3) is 0. The lowest BCUT2D eigenvalue weighted by molar-refractivity contribution is -0.384. The Labute approximate surface area is 113 Å². The first-order valence-electron chi connectivity index (χ1n) is 5.31. The monoisotopic (exact) mass is 275 g/mol. The summed E-state index contributed by atoms with van der Waals surface area (Å²) in [4.78, 5) is 24.7. The van der Waals surface area contributed by atoms with Gasteiger partial charge in [0, 0.05) is 24.0 Å². The Hall–Kier alpha value is -2.54. The van der Waals surface area contributed by atoms with Crippen molar-refractivity contribution < 1.29 is 9.72 Å². The van der Waals surface area contributed by atoms with Gasteiger partial charge in [-0.2, -0.15) is 0 Å². The van der Waals surface area contributed by atoms with Crippen molar-refractivity contribution >= 4 is 29.5 Å². The van der Waals surface area contributed by atoms with Crippen LogP contribution in [0.1, 0.15) is 10.4 Å². The molecule has 0 spiro atoms. The average molecular weight is 275 g/mol. The molecule has 1 aromatic heterocycles. The number of carbonyl (C=O) groups excluding carboxylic acids is 1. The van der Waals surface area contributed by atoms with Crippen molar-refractivity contribution in [3.05, 3.63) is 62.9 Å². The van der Waals surface area contributed by atoms with Gasteiger partial charge in [-0.15, -0.1) is 0 Å². The van der Waals surface area contributed by atoms with E-state index >= 15 is 0 Å². The lowest BCUT2D eigenvalue weighted by atomic mass is 10.2. The van der Waals surface area contributed by atoms with E-state index in [1.807, 2.05) is 0 Å². The fourth-order valence-corrected chi connectivity index (χ4v) is 1.69. The Bertz CT molecular complexity index is 679. The predicted octanol–water partition coefficient (Wildman–Crippen LogP) is 2.90. The van der Waals surface area contributed by atoms with Crippen molar-refractivity contribution in [1.29, 1.82) is 0 Å². The number of benzene rings is 1. The number of H-pyrrole nitrogens is 1. The molecule has 0 atom stereocenters. The molecule has 0 aliphatic carbocycles. The van der Waals surface area contributed by atoms with Gasteiger partial charge in [-0.1, -0.05) is 12.2 Å². The molecule has 1 heterocycles. The van der Waals surface area contributed by atoms with E-state index in [2.05, 4.69) is 10.3 Å². The largest absolute Gasteiger partial charge is 0.352 e. The molecule has 2 rings (SSSR count). The number of nitro groups is 1. The second kappa shape index (κ2) is 5.40. The van der Waals surface area contributed by atoms with E-state index in [0.29, 0.717) is 15.9 Å². The van der Waals surface area contributed by atoms with Crippen LogP contribution in [0.15, 0.2) is 42.6 Å². The Morgan fingerprint density at radius 3 is 2.53 bits per heavy atom. The van der Waals surface area contributed by atoms with E-state index < -0.39 is 4.92 Å². The standard InChI is InChI=1S/C12H9N3O3S/c16-11(10-2-1-7-13-12(10)19)14-8-3-5-9(6-4-8)15(17)18/h1-7H,(H,13,19)(H,14,16). The highest BCUT2D eigenvalue weighted by Gasteiger charge is 2.09. The summed E-state index contributed by atoms with van der Waals surface area (Å²) in [6.45, 7) is 0. The van der Waals surface area contributed by atoms with E-state index in [1.165, 1.54) is 24.3 Å². The molecule has 2 N–H and O–H groups in total. The third-order valence-electron chi connectivity index (χ3n) is 2.40. The van der Waals surface area contributed by atoms with Gasteiger partial charge in [0.25, 0.3) is 11.6 Å². The topological polar surface area (TPSA) is 88.0 Å². The van der Waals surface area contributed by atoms with Crippen LogP contribution in [0, 0.1) is 14.8 Å². The van der Waals surface area contributed by atoms with Gasteiger partial charge in [-0.3, -0.25) is 14.9 Å². The van der Waals surface area contributed by atoms with Crippen molar-refractivity contribution in [2.24, 2.45) is 0 Å². The molecule has 19 heavy (non-hydrogen) atoms. The van der Waals surface area contributed by atoms with Crippen LogP contribution >= 0.6 is 12.2 Å². The molecule has 0 saturated heterocycles. The Balaban J connectivity index is 2.18. The number of aromatic amines is 1. The zero-order chi connectivity index (χ0) is 13.8. The zero-order valence-corrected chi connectivity index (χ0v) is 10.4. The van der Waals surface area contributed by atoms with Crippen LogP contribution in [-0.2, 0) is 0 Å². The zero-order valence-electron chi connectivity index (χ0n) is 9.62. The van der Waals surface area contributed by atoms with Crippen LogP contribution in [0.2, 0.25) is 0 Å². The van der Waals surface area contributed by atoms with Gasteiger partial charge >= 0.3 is 0 Å². The van der Waals surface area contributed by atoms with Crippen LogP contribution in [0.5, 0.6) is 0 Å². The average Bonchev–Trinajstić information content (AvgIpc) is 2.39. The van der Waals surface area contributed by atoms with Gasteiger partial charge in [0.05, 0.1) is 10.5 Å². The van der Waals surface area contributed by atoms with E-state index in [1.54, 1.807) is 18.3 Å². The molecule has 0 aliphatic heterocycles. The summed E-state index contributed by atoms with van der Waals surface area (Å²) in [7, 11) is 0. The number of nitrogens with one attached hydrogen (secondary N) is 2. The fourth-order valence-electron chi connectivity index (χ4n) is 1.47. The van der Waals surface area contributed by atoms with Crippen molar-refractivity contribution in [3.63, 3.8) is 0 Å². The van der Waals surface area contributed by atoms with Crippen molar-refractivity contribution in [2.75, 3.05) is 5.32 Å². The number of non-ortho nitro benzene ring substituents is 1. The molecule has 0 saturated carbocycles. The summed E-state index contributed by atoms with van der Waals surface area (Å²) in [5.74, 6) is -0.365. The van der Waals surface area contributed by atoms with Crippen molar-refractivity contribution in [1.82, 2.24) is 4.98 Å². The maximum Gasteiger partial charge on any atom is 0.269 e. The number of anilines is 1. The molecule has 6 nitrogen and oxygen atoms in total. The van der Waals surface area contributed by atoms with Gasteiger partial charge < -0.3 is 10.3 Å². The summed E-state index contributed by atoms with van der Waals surface area (Å²) in [5.41, 5.74) is 0.778. The number of nitrogens with zero attached hydrogens (tertiary/aromatic N) is 1. The number of amides is 1.